The van der Waals surface area contributed by atoms with Gasteiger partial charge in [-0.2, -0.15) is 0 Å². The molecule has 1 aromatic rings. The number of hydrogen-bond donors (Lipinski definition) is 1. The highest BCUT2D eigenvalue weighted by Gasteiger charge is 2.25. The summed E-state index contributed by atoms with van der Waals surface area (Å²) in [5.74, 6) is 0.836. The third-order valence-corrected chi connectivity index (χ3v) is 4.81. The normalized spacial score (nSPS) is 25.6. The Bertz CT molecular complexity index is 441. The Morgan fingerprint density at radius 1 is 1.25 bits per heavy atom. The number of benzene rings is 1. The predicted octanol–water partition coefficient (Wildman–Crippen LogP) is 3.68. The number of likely N-dealkylation sites (N-methyl/N-ethyl adjacent to an activating group) is 1. The summed E-state index contributed by atoms with van der Waals surface area (Å²) in [5, 5.41) is 3.52. The van der Waals surface area contributed by atoms with E-state index < -0.39 is 0 Å². The van der Waals surface area contributed by atoms with E-state index in [-0.39, 0.29) is 0 Å². The number of nitrogens with one attached hydrogen (secondary N) is 1. The zero-order valence-corrected chi connectivity index (χ0v) is 13.7. The van der Waals surface area contributed by atoms with Crippen molar-refractivity contribution >= 4 is 0 Å². The van der Waals surface area contributed by atoms with Crippen molar-refractivity contribution in [3.8, 4) is 0 Å². The van der Waals surface area contributed by atoms with Crippen LogP contribution in [-0.2, 0) is 0 Å². The average molecular weight is 274 g/mol. The third kappa shape index (κ3) is 3.62. The summed E-state index contributed by atoms with van der Waals surface area (Å²) in [7, 11) is 2.09. The topological polar surface area (TPSA) is 15.3 Å². The van der Waals surface area contributed by atoms with Gasteiger partial charge in [0.15, 0.2) is 0 Å². The van der Waals surface area contributed by atoms with E-state index in [9.17, 15) is 0 Å². The lowest BCUT2D eigenvalue weighted by Crippen LogP contribution is -2.45. The molecule has 0 aliphatic carbocycles. The van der Waals surface area contributed by atoms with E-state index in [1.54, 1.807) is 0 Å². The van der Waals surface area contributed by atoms with E-state index in [4.69, 9.17) is 0 Å². The maximum atomic E-state index is 3.52. The Morgan fingerprint density at radius 3 is 2.65 bits per heavy atom. The van der Waals surface area contributed by atoms with E-state index in [2.05, 4.69) is 63.2 Å². The largest absolute Gasteiger partial charge is 0.312 e. The number of aryl methyl sites for hydroxylation is 2. The van der Waals surface area contributed by atoms with Crippen molar-refractivity contribution in [2.45, 2.75) is 52.6 Å². The smallest absolute Gasteiger partial charge is 0.0449 e. The second-order valence-electron chi connectivity index (χ2n) is 6.69. The van der Waals surface area contributed by atoms with Crippen LogP contribution in [0.15, 0.2) is 18.2 Å². The molecule has 0 aromatic heterocycles. The van der Waals surface area contributed by atoms with Crippen molar-refractivity contribution in [2.24, 2.45) is 5.92 Å². The molecule has 1 N–H and O–H groups in total. The summed E-state index contributed by atoms with van der Waals surface area (Å²) in [4.78, 5) is 2.66. The minimum Gasteiger partial charge on any atom is -0.312 e. The van der Waals surface area contributed by atoms with Crippen LogP contribution < -0.4 is 5.32 Å². The Balaban J connectivity index is 2.11. The summed E-state index contributed by atoms with van der Waals surface area (Å²) >= 11 is 0. The van der Waals surface area contributed by atoms with Gasteiger partial charge >= 0.3 is 0 Å². The molecular formula is C18H30N2. The lowest BCUT2D eigenvalue weighted by molar-refractivity contribution is 0.113. The van der Waals surface area contributed by atoms with Crippen molar-refractivity contribution in [3.05, 3.63) is 34.9 Å². The van der Waals surface area contributed by atoms with Gasteiger partial charge in [-0.25, -0.2) is 0 Å². The number of likely N-dealkylation sites (tertiary alicyclic amines) is 1. The zero-order valence-electron chi connectivity index (χ0n) is 13.7. The summed E-state index contributed by atoms with van der Waals surface area (Å²) in [6.07, 6.45) is 2.72. The van der Waals surface area contributed by atoms with Crippen LogP contribution in [0, 0.1) is 19.8 Å². The van der Waals surface area contributed by atoms with Crippen molar-refractivity contribution in [1.82, 2.24) is 10.2 Å². The van der Waals surface area contributed by atoms with Gasteiger partial charge in [-0.3, -0.25) is 4.90 Å². The monoisotopic (exact) mass is 274 g/mol. The van der Waals surface area contributed by atoms with Gasteiger partial charge in [-0.1, -0.05) is 30.7 Å². The van der Waals surface area contributed by atoms with Gasteiger partial charge in [-0.05, 0) is 57.7 Å². The summed E-state index contributed by atoms with van der Waals surface area (Å²) < 4.78 is 0. The molecule has 2 nitrogen and oxygen atoms in total. The molecule has 2 heteroatoms. The number of hydrogen-bond acceptors (Lipinski definition) is 2. The molecule has 112 valence electrons. The van der Waals surface area contributed by atoms with Crippen molar-refractivity contribution < 1.29 is 0 Å². The number of rotatable bonds is 4. The van der Waals surface area contributed by atoms with Gasteiger partial charge in [0, 0.05) is 25.2 Å². The zero-order chi connectivity index (χ0) is 14.7. The van der Waals surface area contributed by atoms with Gasteiger partial charge in [0.1, 0.15) is 0 Å². The van der Waals surface area contributed by atoms with E-state index in [0.29, 0.717) is 12.1 Å². The molecule has 1 fully saturated rings. The molecule has 1 aliphatic heterocycles. The fraction of sp³-hybridized carbons (Fsp3) is 0.667. The van der Waals surface area contributed by atoms with Crippen LogP contribution in [0.25, 0.3) is 0 Å². The van der Waals surface area contributed by atoms with Crippen LogP contribution in [0.2, 0.25) is 0 Å². The standard InChI is InChI=1S/C18H30N2/c1-13-7-9-17(15(3)10-13)18(19-5)12-20-11-14(2)6-8-16(20)4/h7,9-10,14,16,18-19H,6,8,11-12H2,1-5H3. The lowest BCUT2D eigenvalue weighted by Gasteiger charge is -2.39. The molecule has 0 saturated carbocycles. The first-order chi connectivity index (χ1) is 9.51. The second kappa shape index (κ2) is 6.73. The number of piperidine rings is 1. The summed E-state index contributed by atoms with van der Waals surface area (Å²) in [6, 6.07) is 7.97. The summed E-state index contributed by atoms with van der Waals surface area (Å²) in [6.45, 7) is 11.5. The second-order valence-corrected chi connectivity index (χ2v) is 6.69. The molecular weight excluding hydrogens is 244 g/mol. The fourth-order valence-electron chi connectivity index (χ4n) is 3.43. The molecule has 3 atom stereocenters. The maximum absolute atomic E-state index is 3.52. The van der Waals surface area contributed by atoms with Crippen molar-refractivity contribution in [1.29, 1.82) is 0 Å². The molecule has 1 aromatic carbocycles. The first kappa shape index (κ1) is 15.5. The van der Waals surface area contributed by atoms with Crippen LogP contribution >= 0.6 is 0 Å². The van der Waals surface area contributed by atoms with Crippen molar-refractivity contribution in [2.75, 3.05) is 20.1 Å². The Morgan fingerprint density at radius 2 is 2.00 bits per heavy atom. The average Bonchev–Trinajstić information content (AvgIpc) is 2.40. The van der Waals surface area contributed by atoms with E-state index in [1.165, 1.54) is 36.1 Å². The molecule has 0 radical (unpaired) electrons. The molecule has 0 bridgehead atoms. The number of nitrogens with zero attached hydrogens (tertiary/aromatic N) is 1. The third-order valence-electron chi connectivity index (χ3n) is 4.81. The lowest BCUT2D eigenvalue weighted by atomic mass is 9.93. The Kier molecular flexibility index (Phi) is 5.22. The molecule has 0 amide bonds. The predicted molar refractivity (Wildman–Crippen MR) is 87.1 cm³/mol. The minimum absolute atomic E-state index is 0.434. The van der Waals surface area contributed by atoms with Crippen LogP contribution in [0.5, 0.6) is 0 Å². The molecule has 1 aliphatic rings. The first-order valence-corrected chi connectivity index (χ1v) is 7.99. The van der Waals surface area contributed by atoms with Crippen molar-refractivity contribution in [3.63, 3.8) is 0 Å². The van der Waals surface area contributed by atoms with Gasteiger partial charge in [0.2, 0.25) is 0 Å². The van der Waals surface area contributed by atoms with E-state index in [0.717, 1.165) is 12.5 Å². The van der Waals surface area contributed by atoms with E-state index >= 15 is 0 Å². The Hall–Kier alpha value is -0.860. The van der Waals surface area contributed by atoms with Crippen LogP contribution in [-0.4, -0.2) is 31.1 Å². The van der Waals surface area contributed by atoms with Gasteiger partial charge < -0.3 is 5.32 Å². The molecule has 0 spiro atoms. The highest BCUT2D eigenvalue weighted by atomic mass is 15.2. The first-order valence-electron chi connectivity index (χ1n) is 7.99. The molecule has 2 rings (SSSR count). The minimum atomic E-state index is 0.434. The quantitative estimate of drug-likeness (QED) is 0.901. The van der Waals surface area contributed by atoms with E-state index in [1.807, 2.05) is 0 Å². The SMILES string of the molecule is CNC(CN1CC(C)CCC1C)c1ccc(C)cc1C. The van der Waals surface area contributed by atoms with Crippen LogP contribution in [0.1, 0.15) is 49.4 Å². The maximum Gasteiger partial charge on any atom is 0.0449 e. The molecule has 3 unspecified atom stereocenters. The fourth-order valence-corrected chi connectivity index (χ4v) is 3.43. The van der Waals surface area contributed by atoms with Crippen LogP contribution in [0.4, 0.5) is 0 Å². The Labute approximate surface area is 124 Å². The van der Waals surface area contributed by atoms with Crippen LogP contribution in [0.3, 0.4) is 0 Å². The summed E-state index contributed by atoms with van der Waals surface area (Å²) in [5.41, 5.74) is 4.20. The van der Waals surface area contributed by atoms with Gasteiger partial charge in [0.05, 0.1) is 0 Å². The highest BCUT2D eigenvalue weighted by Crippen LogP contribution is 2.25. The van der Waals surface area contributed by atoms with Gasteiger partial charge in [-0.15, -0.1) is 0 Å². The molecule has 20 heavy (non-hydrogen) atoms. The molecule has 1 saturated heterocycles. The highest BCUT2D eigenvalue weighted by molar-refractivity contribution is 5.33. The molecule has 1 heterocycles. The van der Waals surface area contributed by atoms with Gasteiger partial charge in [0.25, 0.3) is 0 Å².